The molecule has 0 saturated heterocycles. The molecule has 0 spiro atoms. The number of nitrogens with zero attached hydrogens (tertiary/aromatic N) is 1. The fourth-order valence-corrected chi connectivity index (χ4v) is 1.40. The molecule has 0 radical (unpaired) electrons. The molecule has 0 aliphatic rings. The molecule has 0 aliphatic heterocycles. The van der Waals surface area contributed by atoms with Crippen LogP contribution in [0.5, 0.6) is 0 Å². The Kier molecular flexibility index (Phi) is 4.05. The van der Waals surface area contributed by atoms with Gasteiger partial charge in [0, 0.05) is 30.8 Å². The summed E-state index contributed by atoms with van der Waals surface area (Å²) in [7, 11) is 0. The van der Waals surface area contributed by atoms with Crippen molar-refractivity contribution < 1.29 is 4.79 Å². The third kappa shape index (κ3) is 4.01. The Bertz CT molecular complexity index is 349. The van der Waals surface area contributed by atoms with Crippen LogP contribution >= 0.6 is 0 Å². The highest BCUT2D eigenvalue weighted by molar-refractivity contribution is 5.72. The third-order valence-corrected chi connectivity index (χ3v) is 2.38. The number of rotatable bonds is 3. The van der Waals surface area contributed by atoms with Crippen LogP contribution in [0.25, 0.3) is 0 Å². The number of carbonyl (C=O) groups is 1. The van der Waals surface area contributed by atoms with Crippen molar-refractivity contribution in [3.05, 3.63) is 29.6 Å². The Morgan fingerprint density at radius 2 is 2.06 bits per heavy atom. The van der Waals surface area contributed by atoms with E-state index in [0.717, 1.165) is 17.7 Å². The second kappa shape index (κ2) is 5.10. The molecule has 1 aromatic rings. The van der Waals surface area contributed by atoms with Crippen LogP contribution in [0.1, 0.15) is 39.0 Å². The van der Waals surface area contributed by atoms with Gasteiger partial charge in [0.1, 0.15) is 0 Å². The molecule has 0 saturated carbocycles. The number of hydrogen-bond acceptors (Lipinski definition) is 2. The molecule has 1 rings (SSSR count). The fraction of sp³-hybridized carbons (Fsp3) is 0.538. The van der Waals surface area contributed by atoms with Gasteiger partial charge in [-0.2, -0.15) is 0 Å². The quantitative estimate of drug-likeness (QED) is 0.847. The van der Waals surface area contributed by atoms with Crippen LogP contribution in [0.3, 0.4) is 0 Å². The first-order chi connectivity index (χ1) is 7.39. The standard InChI is InChI=1S/C13H20N2O/c1-10(16)14-8-7-11-5-6-12(15-9-11)13(2,3)4/h5-6,9H,7-8H2,1-4H3,(H,14,16). The molecule has 3 heteroatoms. The second-order valence-corrected chi connectivity index (χ2v) is 5.03. The van der Waals surface area contributed by atoms with Crippen LogP contribution in [0.2, 0.25) is 0 Å². The van der Waals surface area contributed by atoms with Crippen molar-refractivity contribution in [2.24, 2.45) is 0 Å². The molecule has 0 unspecified atom stereocenters. The lowest BCUT2D eigenvalue weighted by Crippen LogP contribution is -2.22. The van der Waals surface area contributed by atoms with Gasteiger partial charge in [-0.1, -0.05) is 26.8 Å². The fourth-order valence-electron chi connectivity index (χ4n) is 1.40. The maximum Gasteiger partial charge on any atom is 0.216 e. The molecule has 0 bridgehead atoms. The van der Waals surface area contributed by atoms with E-state index < -0.39 is 0 Å². The molecule has 0 aliphatic carbocycles. The van der Waals surface area contributed by atoms with E-state index in [1.807, 2.05) is 6.20 Å². The molecular weight excluding hydrogens is 200 g/mol. The van der Waals surface area contributed by atoms with Crippen LogP contribution in [-0.2, 0) is 16.6 Å². The molecule has 3 nitrogen and oxygen atoms in total. The average molecular weight is 220 g/mol. The van der Waals surface area contributed by atoms with E-state index in [2.05, 4.69) is 43.2 Å². The van der Waals surface area contributed by atoms with Crippen molar-refractivity contribution in [2.75, 3.05) is 6.54 Å². The molecule has 88 valence electrons. The zero-order chi connectivity index (χ0) is 12.2. The summed E-state index contributed by atoms with van der Waals surface area (Å²) in [5.74, 6) is 0.0132. The molecule has 1 amide bonds. The Labute approximate surface area is 97.3 Å². The molecule has 0 fully saturated rings. The van der Waals surface area contributed by atoms with Crippen LogP contribution in [0, 0.1) is 0 Å². The van der Waals surface area contributed by atoms with Crippen molar-refractivity contribution in [1.29, 1.82) is 0 Å². The molecule has 0 atom stereocenters. The first-order valence-corrected chi connectivity index (χ1v) is 5.59. The smallest absolute Gasteiger partial charge is 0.216 e. The first-order valence-electron chi connectivity index (χ1n) is 5.59. The highest BCUT2D eigenvalue weighted by atomic mass is 16.1. The van der Waals surface area contributed by atoms with Gasteiger partial charge in [0.2, 0.25) is 5.91 Å². The highest BCUT2D eigenvalue weighted by Crippen LogP contribution is 2.19. The normalized spacial score (nSPS) is 11.2. The summed E-state index contributed by atoms with van der Waals surface area (Å²) in [5, 5.41) is 2.77. The molecular formula is C13H20N2O. The van der Waals surface area contributed by atoms with Gasteiger partial charge in [-0.3, -0.25) is 9.78 Å². The number of nitrogens with one attached hydrogen (secondary N) is 1. The van der Waals surface area contributed by atoms with Gasteiger partial charge in [-0.05, 0) is 18.1 Å². The van der Waals surface area contributed by atoms with E-state index >= 15 is 0 Å². The van der Waals surface area contributed by atoms with Gasteiger partial charge in [0.15, 0.2) is 0 Å². The van der Waals surface area contributed by atoms with E-state index in [0.29, 0.717) is 6.54 Å². The van der Waals surface area contributed by atoms with Crippen LogP contribution < -0.4 is 5.32 Å². The van der Waals surface area contributed by atoms with Gasteiger partial charge in [0.05, 0.1) is 0 Å². The van der Waals surface area contributed by atoms with Crippen LogP contribution in [0.4, 0.5) is 0 Å². The Balaban J connectivity index is 2.55. The number of carbonyl (C=O) groups excluding carboxylic acids is 1. The summed E-state index contributed by atoms with van der Waals surface area (Å²) in [5.41, 5.74) is 2.34. The second-order valence-electron chi connectivity index (χ2n) is 5.03. The number of pyridine rings is 1. The van der Waals surface area contributed by atoms with E-state index in [1.54, 1.807) is 0 Å². The lowest BCUT2D eigenvalue weighted by Gasteiger charge is -2.17. The molecule has 16 heavy (non-hydrogen) atoms. The van der Waals surface area contributed by atoms with Gasteiger partial charge in [-0.15, -0.1) is 0 Å². The largest absolute Gasteiger partial charge is 0.356 e. The van der Waals surface area contributed by atoms with Crippen molar-refractivity contribution in [1.82, 2.24) is 10.3 Å². The summed E-state index contributed by atoms with van der Waals surface area (Å²) in [4.78, 5) is 15.1. The van der Waals surface area contributed by atoms with Crippen LogP contribution in [0.15, 0.2) is 18.3 Å². The van der Waals surface area contributed by atoms with Gasteiger partial charge in [-0.25, -0.2) is 0 Å². The summed E-state index contributed by atoms with van der Waals surface area (Å²) >= 11 is 0. The maximum absolute atomic E-state index is 10.7. The van der Waals surface area contributed by atoms with Gasteiger partial charge in [0.25, 0.3) is 0 Å². The predicted molar refractivity (Wildman–Crippen MR) is 65.3 cm³/mol. The van der Waals surface area contributed by atoms with Gasteiger partial charge < -0.3 is 5.32 Å². The van der Waals surface area contributed by atoms with E-state index in [-0.39, 0.29) is 11.3 Å². The monoisotopic (exact) mass is 220 g/mol. The molecule has 1 N–H and O–H groups in total. The molecule has 0 aromatic carbocycles. The summed E-state index contributed by atoms with van der Waals surface area (Å²) in [6.07, 6.45) is 2.72. The van der Waals surface area contributed by atoms with Crippen molar-refractivity contribution in [3.8, 4) is 0 Å². The van der Waals surface area contributed by atoms with Crippen LogP contribution in [-0.4, -0.2) is 17.4 Å². The number of aromatic nitrogens is 1. The van der Waals surface area contributed by atoms with Gasteiger partial charge >= 0.3 is 0 Å². The van der Waals surface area contributed by atoms with Crippen molar-refractivity contribution in [3.63, 3.8) is 0 Å². The minimum absolute atomic E-state index is 0.0132. The molecule has 1 heterocycles. The number of amides is 1. The zero-order valence-electron chi connectivity index (χ0n) is 10.5. The van der Waals surface area contributed by atoms with E-state index in [1.165, 1.54) is 6.92 Å². The third-order valence-electron chi connectivity index (χ3n) is 2.38. The lowest BCUT2D eigenvalue weighted by molar-refractivity contribution is -0.118. The van der Waals surface area contributed by atoms with E-state index in [4.69, 9.17) is 0 Å². The van der Waals surface area contributed by atoms with Crippen molar-refractivity contribution in [2.45, 2.75) is 39.5 Å². The first kappa shape index (κ1) is 12.7. The van der Waals surface area contributed by atoms with Crippen molar-refractivity contribution >= 4 is 5.91 Å². The predicted octanol–water partition coefficient (Wildman–Crippen LogP) is 2.06. The minimum atomic E-state index is 0.0132. The number of hydrogen-bond donors (Lipinski definition) is 1. The topological polar surface area (TPSA) is 42.0 Å². The lowest BCUT2D eigenvalue weighted by atomic mass is 9.91. The highest BCUT2D eigenvalue weighted by Gasteiger charge is 2.14. The Morgan fingerprint density at radius 1 is 1.38 bits per heavy atom. The average Bonchev–Trinajstić information content (AvgIpc) is 2.16. The van der Waals surface area contributed by atoms with E-state index in [9.17, 15) is 4.79 Å². The summed E-state index contributed by atoms with van der Waals surface area (Å²) < 4.78 is 0. The SMILES string of the molecule is CC(=O)NCCc1ccc(C(C)(C)C)nc1. The maximum atomic E-state index is 10.7. The molecule has 1 aromatic heterocycles. The Morgan fingerprint density at radius 3 is 2.50 bits per heavy atom. The minimum Gasteiger partial charge on any atom is -0.356 e. The summed E-state index contributed by atoms with van der Waals surface area (Å²) in [6, 6.07) is 4.14. The Hall–Kier alpha value is -1.38. The summed E-state index contributed by atoms with van der Waals surface area (Å²) in [6.45, 7) is 8.64. The zero-order valence-corrected chi connectivity index (χ0v) is 10.5.